The molecule has 18 nitrogen and oxygen atoms in total. The van der Waals surface area contributed by atoms with Crippen LogP contribution in [0.5, 0.6) is 34.5 Å². The van der Waals surface area contributed by atoms with Gasteiger partial charge in [0.05, 0.1) is 54.9 Å². The molecule has 572 valence electrons. The SMILES string of the molecule is C.COc1cc(Br)c(C)cc1-n1c(=O)ccc2cc(S(=O)(=O)Oc3c(F)c(F)c(F)c(F)c3F)ccc21.COc1cc(Br)c(C)cc1-n1c(=O)ccc2cc(S(=O)(=O)Oc3c(F)c(F)c(F)c(F)c3F)ccc21.COc1cc(Br)c(C)cc1-n1c(=O)ccc2cc(S(=O)(=O)Oc3c(F)c(F)c(F)c(F)c3F)ccc21. The van der Waals surface area contributed by atoms with E-state index < -0.39 is 166 Å². The molecule has 109 heavy (non-hydrogen) atoms. The Labute approximate surface area is 630 Å². The Hall–Kier alpha value is -10.4. The summed E-state index contributed by atoms with van der Waals surface area (Å²) in [6.45, 7) is 5.35. The molecule has 3 aromatic heterocycles. The highest BCUT2D eigenvalue weighted by molar-refractivity contribution is 9.11. The van der Waals surface area contributed by atoms with Crippen LogP contribution in [0, 0.1) is 108 Å². The van der Waals surface area contributed by atoms with Crippen molar-refractivity contribution in [2.75, 3.05) is 21.3 Å². The van der Waals surface area contributed by atoms with Crippen LogP contribution < -0.4 is 43.4 Å². The maximum atomic E-state index is 14.0. The first-order valence-electron chi connectivity index (χ1n) is 29.5. The minimum absolute atomic E-state index is 0. The van der Waals surface area contributed by atoms with Gasteiger partial charge in [-0.15, -0.1) is 0 Å². The van der Waals surface area contributed by atoms with Gasteiger partial charge in [0.15, 0.2) is 0 Å². The van der Waals surface area contributed by atoms with Gasteiger partial charge in [-0.2, -0.15) is 51.6 Å². The third kappa shape index (κ3) is 15.7. The lowest BCUT2D eigenvalue weighted by atomic mass is 10.1. The summed E-state index contributed by atoms with van der Waals surface area (Å²) in [6.07, 6.45) is 0. The fourth-order valence-corrected chi connectivity index (χ4v) is 14.2. The van der Waals surface area contributed by atoms with E-state index in [2.05, 4.69) is 60.3 Å². The first-order chi connectivity index (χ1) is 50.6. The Morgan fingerprint density at radius 2 is 0.495 bits per heavy atom. The quantitative estimate of drug-likeness (QED) is 0.0403. The van der Waals surface area contributed by atoms with E-state index in [-0.39, 0.29) is 40.1 Å². The number of ether oxygens (including phenoxy) is 3. The number of pyridine rings is 3. The molecular formula is C70H43Br3F15N3O15S3. The molecule has 0 aliphatic heterocycles. The first kappa shape index (κ1) is 82.7. The van der Waals surface area contributed by atoms with Crippen molar-refractivity contribution in [3.05, 3.63) is 276 Å². The maximum Gasteiger partial charge on any atom is 0.339 e. The highest BCUT2D eigenvalue weighted by Crippen LogP contribution is 2.39. The third-order valence-electron chi connectivity index (χ3n) is 15.7. The van der Waals surface area contributed by atoms with Crippen LogP contribution in [0.3, 0.4) is 0 Å². The molecule has 3 heterocycles. The second-order valence-corrected chi connectivity index (χ2v) is 29.5. The number of hydrogen-bond acceptors (Lipinski definition) is 15. The van der Waals surface area contributed by atoms with Crippen molar-refractivity contribution in [3.63, 3.8) is 0 Å². The molecule has 12 aromatic rings. The summed E-state index contributed by atoms with van der Waals surface area (Å²) >= 11 is 10.1. The molecule has 0 saturated carbocycles. The largest absolute Gasteiger partial charge is 0.495 e. The Bertz CT molecular complexity index is 5690. The Morgan fingerprint density at radius 1 is 0.294 bits per heavy atom. The van der Waals surface area contributed by atoms with Gasteiger partial charge >= 0.3 is 30.4 Å². The monoisotopic (exact) mass is 1780 g/mol. The highest BCUT2D eigenvalue weighted by Gasteiger charge is 2.35. The second-order valence-electron chi connectivity index (χ2n) is 22.3. The number of hydrogen-bond donors (Lipinski definition) is 0. The van der Waals surface area contributed by atoms with Gasteiger partial charge in [-0.05, 0) is 147 Å². The van der Waals surface area contributed by atoms with Crippen molar-refractivity contribution in [3.8, 4) is 51.6 Å². The lowest BCUT2D eigenvalue weighted by molar-refractivity contribution is 0.346. The lowest BCUT2D eigenvalue weighted by Crippen LogP contribution is -2.19. The summed E-state index contributed by atoms with van der Waals surface area (Å²) in [4.78, 5) is 36.3. The average molecular weight is 1790 g/mol. The number of aryl methyl sites for hydroxylation is 3. The molecule has 39 heteroatoms. The normalized spacial score (nSPS) is 11.6. The Kier molecular flexibility index (Phi) is 24.0. The van der Waals surface area contributed by atoms with Crippen LogP contribution in [0.1, 0.15) is 24.1 Å². The summed E-state index contributed by atoms with van der Waals surface area (Å²) in [7, 11) is -11.0. The minimum atomic E-state index is -5.06. The molecule has 0 unspecified atom stereocenters. The summed E-state index contributed by atoms with van der Waals surface area (Å²) in [5.41, 5.74) is 2.63. The smallest absolute Gasteiger partial charge is 0.339 e. The molecule has 0 fully saturated rings. The first-order valence-corrected chi connectivity index (χ1v) is 36.1. The van der Waals surface area contributed by atoms with Gasteiger partial charge in [0.25, 0.3) is 16.7 Å². The average Bonchev–Trinajstić information content (AvgIpc) is 0.766. The van der Waals surface area contributed by atoms with Crippen LogP contribution in [0.25, 0.3) is 49.8 Å². The van der Waals surface area contributed by atoms with Gasteiger partial charge in [-0.1, -0.05) is 55.2 Å². The predicted molar refractivity (Wildman–Crippen MR) is 374 cm³/mol. The van der Waals surface area contributed by atoms with Gasteiger partial charge in [0, 0.05) is 47.8 Å². The molecule has 12 rings (SSSR count). The molecule has 0 spiro atoms. The van der Waals surface area contributed by atoms with Crippen LogP contribution in [0.2, 0.25) is 0 Å². The highest BCUT2D eigenvalue weighted by atomic mass is 79.9. The molecular weight excluding hydrogens is 1740 g/mol. The van der Waals surface area contributed by atoms with Gasteiger partial charge < -0.3 is 26.8 Å². The van der Waals surface area contributed by atoms with Gasteiger partial charge in [-0.25, -0.2) is 39.5 Å². The number of aromatic nitrogens is 3. The molecule has 0 N–H and O–H groups in total. The maximum absolute atomic E-state index is 14.0. The van der Waals surface area contributed by atoms with Gasteiger partial charge in [0.2, 0.25) is 105 Å². The molecule has 0 aliphatic rings. The third-order valence-corrected chi connectivity index (χ3v) is 21.9. The van der Waals surface area contributed by atoms with Gasteiger partial charge in [-0.3, -0.25) is 28.1 Å². The molecule has 0 bridgehead atoms. The van der Waals surface area contributed by atoms with E-state index in [1.807, 2.05) is 0 Å². The Balaban J connectivity index is 0.000000188. The molecule has 0 aliphatic carbocycles. The molecule has 0 amide bonds. The van der Waals surface area contributed by atoms with Crippen LogP contribution in [0.4, 0.5) is 65.9 Å². The molecule has 0 radical (unpaired) electrons. The number of nitrogens with zero attached hydrogens (tertiary/aromatic N) is 3. The predicted octanol–water partition coefficient (Wildman–Crippen LogP) is 17.2. The van der Waals surface area contributed by atoms with Crippen molar-refractivity contribution >= 4 is 111 Å². The van der Waals surface area contributed by atoms with Gasteiger partial charge in [0.1, 0.15) is 31.9 Å². The number of benzene rings is 9. The topological polar surface area (TPSA) is 224 Å². The van der Waals surface area contributed by atoms with Crippen molar-refractivity contribution in [2.45, 2.75) is 42.9 Å². The van der Waals surface area contributed by atoms with E-state index in [0.29, 0.717) is 34.3 Å². The fourth-order valence-electron chi connectivity index (χ4n) is 10.3. The van der Waals surface area contributed by atoms with E-state index in [9.17, 15) is 105 Å². The number of methoxy groups -OCH3 is 3. The van der Waals surface area contributed by atoms with Crippen LogP contribution in [0.15, 0.2) is 170 Å². The Morgan fingerprint density at radius 3 is 0.697 bits per heavy atom. The molecule has 0 saturated heterocycles. The number of halogens is 18. The van der Waals surface area contributed by atoms with Crippen molar-refractivity contribution in [2.24, 2.45) is 0 Å². The zero-order valence-electron chi connectivity index (χ0n) is 54.6. The zero-order valence-corrected chi connectivity index (χ0v) is 61.8. The number of fused-ring (bicyclic) bond motifs is 3. The molecule has 9 aromatic carbocycles. The summed E-state index contributed by atoms with van der Waals surface area (Å²) in [5, 5.41) is 0.540. The standard InChI is InChI=1S/3C23H13BrF5NO5S.CH4/c3*1-10-7-15(16(34-2)9-13(10)24)30-14-5-4-12(8-11(14)3-6-17(30)31)36(32,33)35-23-21(28)19(26)18(25)20(27)22(23)29;/h3*3-9H,1-2H3;1H4. The summed E-state index contributed by atoms with van der Waals surface area (Å²) in [6, 6.07) is 26.9. The van der Waals surface area contributed by atoms with E-state index in [0.717, 1.165) is 84.7 Å². The van der Waals surface area contributed by atoms with E-state index in [4.69, 9.17) is 14.2 Å². The zero-order chi connectivity index (χ0) is 79.6. The van der Waals surface area contributed by atoms with Crippen LogP contribution in [-0.2, 0) is 30.4 Å². The van der Waals surface area contributed by atoms with Crippen LogP contribution in [-0.4, -0.2) is 60.3 Å². The fraction of sp³-hybridized carbons (Fsp3) is 0.100. The van der Waals surface area contributed by atoms with E-state index in [1.165, 1.54) is 71.4 Å². The molecule has 0 atom stereocenters. The summed E-state index contributed by atoms with van der Waals surface area (Å²) < 4.78 is 315. The minimum Gasteiger partial charge on any atom is -0.495 e. The number of rotatable bonds is 15. The van der Waals surface area contributed by atoms with Crippen molar-refractivity contribution in [1.82, 2.24) is 13.7 Å². The van der Waals surface area contributed by atoms with E-state index >= 15 is 0 Å². The van der Waals surface area contributed by atoms with Crippen LogP contribution >= 0.6 is 47.8 Å². The lowest BCUT2D eigenvalue weighted by Gasteiger charge is -2.16. The second kappa shape index (κ2) is 31.7. The summed E-state index contributed by atoms with van der Waals surface area (Å²) in [5.74, 6) is -41.1. The van der Waals surface area contributed by atoms with Crippen molar-refractivity contribution in [1.29, 1.82) is 0 Å². The van der Waals surface area contributed by atoms with Crippen molar-refractivity contribution < 1.29 is 118 Å². The van der Waals surface area contributed by atoms with E-state index in [1.54, 1.807) is 57.2 Å².